The number of halogens is 4. The number of hydrogen-bond donors (Lipinski definition) is 0. The Balaban J connectivity index is 0.000000181. The van der Waals surface area contributed by atoms with Gasteiger partial charge in [0.25, 0.3) is 0 Å². The fourth-order valence-corrected chi connectivity index (χ4v) is 7.49. The predicted octanol–water partition coefficient (Wildman–Crippen LogP) is 13.6. The van der Waals surface area contributed by atoms with E-state index in [4.69, 9.17) is 46.4 Å². The number of rotatable bonds is 2. The second-order valence-corrected chi connectivity index (χ2v) is 16.7. The summed E-state index contributed by atoms with van der Waals surface area (Å²) in [6.45, 7) is 17.6. The van der Waals surface area contributed by atoms with Gasteiger partial charge in [0.05, 0.1) is 0 Å². The van der Waals surface area contributed by atoms with Crippen molar-refractivity contribution in [1.82, 2.24) is 0 Å². The third-order valence-electron chi connectivity index (χ3n) is 8.18. The molecular weight excluding hydrogens is 725 g/mol. The molecule has 0 radical (unpaired) electrons. The van der Waals surface area contributed by atoms with Crippen LogP contribution >= 0.6 is 46.4 Å². The van der Waals surface area contributed by atoms with Crippen LogP contribution in [0.2, 0.25) is 20.1 Å². The molecule has 0 atom stereocenters. The molecule has 0 aliphatic heterocycles. The number of hydrogen-bond acceptors (Lipinski definition) is 0. The first-order valence-electron chi connectivity index (χ1n) is 15.3. The van der Waals surface area contributed by atoms with E-state index < -0.39 is 0 Å². The molecule has 6 rings (SSSR count). The maximum Gasteiger partial charge on any atom is -0.109 e. The van der Waals surface area contributed by atoms with Gasteiger partial charge < -0.3 is 0 Å². The molecule has 0 nitrogen and oxygen atoms in total. The Morgan fingerprint density at radius 3 is 1.43 bits per heavy atom. The average Bonchev–Trinajstić information content (AvgIpc) is 3.67. The van der Waals surface area contributed by atoms with Crippen LogP contribution in [0.4, 0.5) is 0 Å². The van der Waals surface area contributed by atoms with Crippen molar-refractivity contribution in [2.24, 2.45) is 0 Å². The fourth-order valence-electron chi connectivity index (χ4n) is 5.23. The Kier molecular flexibility index (Phi) is 12.2. The van der Waals surface area contributed by atoms with E-state index in [2.05, 4.69) is 96.2 Å². The summed E-state index contributed by atoms with van der Waals surface area (Å²) in [5.41, 5.74) is 7.31. The van der Waals surface area contributed by atoms with Gasteiger partial charge in [-0.25, -0.2) is 12.2 Å². The molecule has 0 aromatic heterocycles. The number of benzene rings is 4. The van der Waals surface area contributed by atoms with Gasteiger partial charge >= 0.3 is 154 Å². The molecular formula is C41H40Cl4Zr. The van der Waals surface area contributed by atoms with Gasteiger partial charge in [-0.2, -0.15) is 6.08 Å². The first-order valence-corrected chi connectivity index (χ1v) is 18.1. The Hall–Kier alpha value is -1.86. The van der Waals surface area contributed by atoms with Crippen LogP contribution in [0.3, 0.4) is 0 Å². The largest absolute Gasteiger partial charge is 0.273 e. The van der Waals surface area contributed by atoms with Crippen molar-refractivity contribution >= 4 is 71.2 Å². The van der Waals surface area contributed by atoms with Crippen molar-refractivity contribution in [2.75, 3.05) is 0 Å². The van der Waals surface area contributed by atoms with Crippen LogP contribution < -0.4 is 0 Å². The Labute approximate surface area is 310 Å². The normalized spacial score (nSPS) is 12.7. The van der Waals surface area contributed by atoms with Gasteiger partial charge in [-0.15, -0.1) is 46.2 Å². The van der Waals surface area contributed by atoms with Crippen LogP contribution in [-0.2, 0) is 35.1 Å². The van der Waals surface area contributed by atoms with Gasteiger partial charge in [0.1, 0.15) is 0 Å². The van der Waals surface area contributed by atoms with E-state index in [1.807, 2.05) is 38.1 Å². The summed E-state index contributed by atoms with van der Waals surface area (Å²) in [4.78, 5) is 0. The summed E-state index contributed by atoms with van der Waals surface area (Å²) in [5, 5.41) is 8.07. The third kappa shape index (κ3) is 8.98. The molecule has 5 heteroatoms. The van der Waals surface area contributed by atoms with Crippen molar-refractivity contribution in [1.29, 1.82) is 0 Å². The smallest absolute Gasteiger partial charge is 0.109 e. The van der Waals surface area contributed by atoms with Gasteiger partial charge in [0.2, 0.25) is 0 Å². The van der Waals surface area contributed by atoms with Crippen molar-refractivity contribution in [3.05, 3.63) is 145 Å². The average molecular weight is 766 g/mol. The van der Waals surface area contributed by atoms with E-state index in [0.29, 0.717) is 20.1 Å². The van der Waals surface area contributed by atoms with E-state index in [0.717, 1.165) is 31.9 Å². The van der Waals surface area contributed by atoms with Crippen molar-refractivity contribution in [2.45, 2.75) is 72.6 Å². The summed E-state index contributed by atoms with van der Waals surface area (Å²) in [6.07, 6.45) is 10.0. The quantitative estimate of drug-likeness (QED) is 0.157. The zero-order valence-corrected chi connectivity index (χ0v) is 33.3. The van der Waals surface area contributed by atoms with Gasteiger partial charge in [0, 0.05) is 0 Å². The monoisotopic (exact) mass is 762 g/mol. The topological polar surface area (TPSA) is 0 Å². The van der Waals surface area contributed by atoms with Crippen molar-refractivity contribution in [3.8, 4) is 0 Å². The molecule has 0 heterocycles. The van der Waals surface area contributed by atoms with E-state index in [1.165, 1.54) is 56.9 Å². The van der Waals surface area contributed by atoms with Gasteiger partial charge in [0.15, 0.2) is 0 Å². The van der Waals surface area contributed by atoms with Crippen molar-refractivity contribution in [3.63, 3.8) is 0 Å². The molecule has 0 spiro atoms. The molecule has 46 heavy (non-hydrogen) atoms. The molecule has 1 aliphatic rings. The summed E-state index contributed by atoms with van der Waals surface area (Å²) in [6, 6.07) is 23.5. The second kappa shape index (κ2) is 15.1. The molecule has 0 bridgehead atoms. The molecule has 0 N–H and O–H groups in total. The van der Waals surface area contributed by atoms with E-state index in [1.54, 1.807) is 12.1 Å². The molecule has 0 amide bonds. The van der Waals surface area contributed by atoms with Crippen LogP contribution in [0, 0.1) is 19.9 Å². The van der Waals surface area contributed by atoms with Crippen LogP contribution in [-0.4, -0.2) is 3.21 Å². The minimum Gasteiger partial charge on any atom is -0.273 e. The van der Waals surface area contributed by atoms with Crippen LogP contribution in [0.1, 0.15) is 81.3 Å². The zero-order chi connectivity index (χ0) is 34.0. The standard InChI is InChI=1S/C21H25.C15H10Cl4.C5H5.Zr/c1-20(2,3)16-9-7-14-11-15-8-10-17(21(4,5)6)13-19(15)18(14)12-16;1-8-10(4-12(16)6-14(8)18)3-11-5-13(17)7-15(19)9(11)2;1-2-4-5-3-1;/h7-13H,1-6H3;4-7H,1-2H3;1-3H,4H2;/q-1;;-1;+2. The first kappa shape index (κ1) is 37.0. The minimum absolute atomic E-state index is 0.194. The zero-order valence-electron chi connectivity index (χ0n) is 27.8. The van der Waals surface area contributed by atoms with E-state index in [9.17, 15) is 0 Å². The Bertz CT molecular complexity index is 1820. The van der Waals surface area contributed by atoms with Crippen molar-refractivity contribution < 1.29 is 24.2 Å². The summed E-state index contributed by atoms with van der Waals surface area (Å²) >= 11 is 25.9. The summed E-state index contributed by atoms with van der Waals surface area (Å²) < 4.78 is 1.14. The maximum absolute atomic E-state index is 6.21. The van der Waals surface area contributed by atoms with E-state index in [-0.39, 0.29) is 10.8 Å². The van der Waals surface area contributed by atoms with E-state index >= 15 is 0 Å². The second-order valence-electron chi connectivity index (χ2n) is 13.7. The van der Waals surface area contributed by atoms with Crippen LogP contribution in [0.15, 0.2) is 85.0 Å². The first-order chi connectivity index (χ1) is 21.5. The molecule has 0 saturated carbocycles. The molecule has 0 unspecified atom stereocenters. The Morgan fingerprint density at radius 1 is 0.674 bits per heavy atom. The van der Waals surface area contributed by atoms with Crippen LogP contribution in [0.25, 0.3) is 21.5 Å². The minimum atomic E-state index is 0.194. The molecule has 0 saturated heterocycles. The third-order valence-corrected chi connectivity index (χ3v) is 10.7. The molecule has 5 aromatic carbocycles. The molecule has 1 aliphatic carbocycles. The predicted molar refractivity (Wildman–Crippen MR) is 202 cm³/mol. The van der Waals surface area contributed by atoms with Crippen LogP contribution in [0.5, 0.6) is 0 Å². The van der Waals surface area contributed by atoms with Gasteiger partial charge in [-0.1, -0.05) is 76.9 Å². The summed E-state index contributed by atoms with van der Waals surface area (Å²) in [5.74, 6) is 0. The number of allylic oxidation sites excluding steroid dienone is 4. The van der Waals surface area contributed by atoms with Gasteiger partial charge in [-0.05, 0) is 10.8 Å². The number of fused-ring (bicyclic) bond motifs is 3. The fraction of sp³-hybridized carbons (Fsp3) is 0.268. The maximum atomic E-state index is 6.21. The molecule has 0 fully saturated rings. The summed E-state index contributed by atoms with van der Waals surface area (Å²) in [7, 11) is 0. The van der Waals surface area contributed by atoms with Gasteiger partial charge in [-0.3, -0.25) is 6.08 Å². The molecule has 5 aromatic rings. The SMILES string of the molecule is CC(C)(C)c1ccc2[cH-]c3ccc(C(C)(C)C)cc3c2c1.Cc1c(Cl)cc(Cl)cc1[C](=[Zr+2])c1cc(Cl)cc(Cl)c1C.[C-]1=CC=CC1. The molecule has 236 valence electrons. The Morgan fingerprint density at radius 2 is 1.11 bits per heavy atom.